The van der Waals surface area contributed by atoms with Gasteiger partial charge in [-0.05, 0) is 24.3 Å². The van der Waals surface area contributed by atoms with Gasteiger partial charge in [0.1, 0.15) is 5.82 Å². The normalized spacial score (nSPS) is 23.1. The molecule has 110 valence electrons. The van der Waals surface area contributed by atoms with Crippen molar-refractivity contribution in [1.82, 2.24) is 4.31 Å². The summed E-state index contributed by atoms with van der Waals surface area (Å²) in [5.74, 6) is -2.55. The van der Waals surface area contributed by atoms with Crippen molar-refractivity contribution in [1.29, 1.82) is 0 Å². The molecule has 20 heavy (non-hydrogen) atoms. The molecule has 2 rings (SSSR count). The summed E-state index contributed by atoms with van der Waals surface area (Å²) < 4.78 is 43.6. The molecule has 1 N–H and O–H groups in total. The van der Waals surface area contributed by atoms with Gasteiger partial charge in [-0.3, -0.25) is 4.79 Å². The Hall–Kier alpha value is -1.51. The van der Waals surface area contributed by atoms with Crippen molar-refractivity contribution in [2.45, 2.75) is 10.9 Å². The molecular formula is C12H14FNO5S. The quantitative estimate of drug-likeness (QED) is 0.878. The topological polar surface area (TPSA) is 83.9 Å². The number of ether oxygens (including phenoxy) is 1. The van der Waals surface area contributed by atoms with E-state index in [0.717, 1.165) is 28.6 Å². The van der Waals surface area contributed by atoms with Crippen LogP contribution in [0.3, 0.4) is 0 Å². The van der Waals surface area contributed by atoms with Gasteiger partial charge in [-0.15, -0.1) is 0 Å². The number of halogens is 1. The Balaban J connectivity index is 2.29. The van der Waals surface area contributed by atoms with E-state index in [1.54, 1.807) is 0 Å². The van der Waals surface area contributed by atoms with Crippen LogP contribution in [0.2, 0.25) is 0 Å². The number of sulfonamides is 1. The van der Waals surface area contributed by atoms with Gasteiger partial charge in [-0.1, -0.05) is 0 Å². The van der Waals surface area contributed by atoms with Crippen LogP contribution < -0.4 is 0 Å². The van der Waals surface area contributed by atoms with Crippen molar-refractivity contribution in [3.63, 3.8) is 0 Å². The Bertz CT molecular complexity index is 601. The second-order valence-corrected chi connectivity index (χ2v) is 6.52. The number of likely N-dealkylation sites (N-methyl/N-ethyl adjacent to an activating group) is 1. The molecule has 0 aliphatic carbocycles. The van der Waals surface area contributed by atoms with Crippen molar-refractivity contribution in [2.24, 2.45) is 5.92 Å². The molecule has 0 bridgehead atoms. The summed E-state index contributed by atoms with van der Waals surface area (Å²) in [6.07, 6.45) is 0. The summed E-state index contributed by atoms with van der Waals surface area (Å²) in [4.78, 5) is 11.0. The van der Waals surface area contributed by atoms with Crippen molar-refractivity contribution < 1.29 is 27.4 Å². The molecule has 1 heterocycles. The zero-order chi connectivity index (χ0) is 14.9. The van der Waals surface area contributed by atoms with Crippen LogP contribution in [-0.2, 0) is 19.6 Å². The summed E-state index contributed by atoms with van der Waals surface area (Å²) >= 11 is 0. The van der Waals surface area contributed by atoms with E-state index in [4.69, 9.17) is 9.84 Å². The minimum Gasteiger partial charge on any atom is -0.481 e. The minimum absolute atomic E-state index is 0.0217. The first-order valence-electron chi connectivity index (χ1n) is 5.88. The lowest BCUT2D eigenvalue weighted by molar-refractivity contribution is -0.142. The third kappa shape index (κ3) is 2.67. The molecular weight excluding hydrogens is 289 g/mol. The molecule has 1 saturated heterocycles. The number of carboxylic acid groups (broad SMARTS) is 1. The van der Waals surface area contributed by atoms with E-state index < -0.39 is 33.8 Å². The summed E-state index contributed by atoms with van der Waals surface area (Å²) in [5.41, 5.74) is 0. The first kappa shape index (κ1) is 14.9. The van der Waals surface area contributed by atoms with Gasteiger partial charge in [0.25, 0.3) is 0 Å². The second-order valence-electron chi connectivity index (χ2n) is 4.52. The zero-order valence-electron chi connectivity index (χ0n) is 10.7. The molecule has 1 aliphatic heterocycles. The SMILES string of the molecule is CN(C1COCC1C(=O)O)S(=O)(=O)c1ccc(F)cc1. The maximum absolute atomic E-state index is 12.8. The van der Waals surface area contributed by atoms with Gasteiger partial charge in [0.2, 0.25) is 10.0 Å². The fourth-order valence-corrected chi connectivity index (χ4v) is 3.47. The Morgan fingerprint density at radius 2 is 1.95 bits per heavy atom. The van der Waals surface area contributed by atoms with Crippen LogP contribution >= 0.6 is 0 Å². The van der Waals surface area contributed by atoms with Crippen LogP contribution in [-0.4, -0.2) is 50.1 Å². The van der Waals surface area contributed by atoms with Crippen LogP contribution in [0.25, 0.3) is 0 Å². The lowest BCUT2D eigenvalue weighted by Crippen LogP contribution is -2.44. The lowest BCUT2D eigenvalue weighted by atomic mass is 10.1. The van der Waals surface area contributed by atoms with E-state index >= 15 is 0 Å². The highest BCUT2D eigenvalue weighted by Gasteiger charge is 2.41. The Labute approximate surface area is 115 Å². The summed E-state index contributed by atoms with van der Waals surface area (Å²) in [6.45, 7) is -0.00281. The largest absolute Gasteiger partial charge is 0.481 e. The molecule has 0 saturated carbocycles. The van der Waals surface area contributed by atoms with Crippen molar-refractivity contribution in [3.8, 4) is 0 Å². The van der Waals surface area contributed by atoms with Gasteiger partial charge in [0.05, 0.1) is 30.1 Å². The fourth-order valence-electron chi connectivity index (χ4n) is 2.09. The van der Waals surface area contributed by atoms with E-state index in [2.05, 4.69) is 0 Å². The molecule has 6 nitrogen and oxygen atoms in total. The first-order chi connectivity index (χ1) is 9.34. The van der Waals surface area contributed by atoms with E-state index in [0.29, 0.717) is 0 Å². The van der Waals surface area contributed by atoms with Crippen molar-refractivity contribution in [3.05, 3.63) is 30.1 Å². The zero-order valence-corrected chi connectivity index (χ0v) is 11.5. The Kier molecular flexibility index (Phi) is 4.07. The molecule has 0 aromatic heterocycles. The van der Waals surface area contributed by atoms with E-state index in [-0.39, 0.29) is 18.1 Å². The van der Waals surface area contributed by atoms with Gasteiger partial charge in [0.15, 0.2) is 0 Å². The number of nitrogens with zero attached hydrogens (tertiary/aromatic N) is 1. The molecule has 1 aromatic carbocycles. The minimum atomic E-state index is -3.88. The van der Waals surface area contributed by atoms with Gasteiger partial charge in [0, 0.05) is 7.05 Å². The van der Waals surface area contributed by atoms with Crippen LogP contribution in [0.1, 0.15) is 0 Å². The van der Waals surface area contributed by atoms with Gasteiger partial charge in [-0.25, -0.2) is 12.8 Å². The lowest BCUT2D eigenvalue weighted by Gasteiger charge is -2.25. The molecule has 0 amide bonds. The third-order valence-corrected chi connectivity index (χ3v) is 5.22. The number of hydrogen-bond acceptors (Lipinski definition) is 4. The van der Waals surface area contributed by atoms with Crippen LogP contribution in [0.5, 0.6) is 0 Å². The molecule has 1 aliphatic rings. The number of benzene rings is 1. The smallest absolute Gasteiger partial charge is 0.310 e. The standard InChI is InChI=1S/C12H14FNO5S/c1-14(11-7-19-6-10(11)12(15)16)20(17,18)9-4-2-8(13)3-5-9/h2-5,10-11H,6-7H2,1H3,(H,15,16). The number of carboxylic acids is 1. The van der Waals surface area contributed by atoms with Gasteiger partial charge < -0.3 is 9.84 Å². The van der Waals surface area contributed by atoms with Gasteiger partial charge in [-0.2, -0.15) is 4.31 Å². The molecule has 2 atom stereocenters. The van der Waals surface area contributed by atoms with E-state index in [1.807, 2.05) is 0 Å². The number of rotatable bonds is 4. The average Bonchev–Trinajstić information content (AvgIpc) is 2.87. The molecule has 2 unspecified atom stereocenters. The third-order valence-electron chi connectivity index (χ3n) is 3.33. The predicted octanol–water partition coefficient (Wildman–Crippen LogP) is 0.546. The highest BCUT2D eigenvalue weighted by Crippen LogP contribution is 2.25. The highest BCUT2D eigenvalue weighted by atomic mass is 32.2. The average molecular weight is 303 g/mol. The molecule has 0 radical (unpaired) electrons. The van der Waals surface area contributed by atoms with Gasteiger partial charge >= 0.3 is 5.97 Å². The maximum Gasteiger partial charge on any atom is 0.310 e. The maximum atomic E-state index is 12.8. The Morgan fingerprint density at radius 3 is 2.50 bits per heavy atom. The van der Waals surface area contributed by atoms with Crippen LogP contribution in [0, 0.1) is 11.7 Å². The first-order valence-corrected chi connectivity index (χ1v) is 7.32. The summed E-state index contributed by atoms with van der Waals surface area (Å²) in [7, 11) is -2.58. The van der Waals surface area contributed by atoms with E-state index in [1.165, 1.54) is 7.05 Å². The molecule has 1 aromatic rings. The number of carbonyl (C=O) groups is 1. The fraction of sp³-hybridized carbons (Fsp3) is 0.417. The van der Waals surface area contributed by atoms with Crippen molar-refractivity contribution in [2.75, 3.05) is 20.3 Å². The Morgan fingerprint density at radius 1 is 1.35 bits per heavy atom. The molecule has 8 heteroatoms. The highest BCUT2D eigenvalue weighted by molar-refractivity contribution is 7.89. The van der Waals surface area contributed by atoms with Crippen molar-refractivity contribution >= 4 is 16.0 Å². The second kappa shape index (κ2) is 5.47. The monoisotopic (exact) mass is 303 g/mol. The molecule has 0 spiro atoms. The number of hydrogen-bond donors (Lipinski definition) is 1. The van der Waals surface area contributed by atoms with E-state index in [9.17, 15) is 17.6 Å². The van der Waals surface area contributed by atoms with Crippen LogP contribution in [0.4, 0.5) is 4.39 Å². The summed E-state index contributed by atoms with van der Waals surface area (Å²) in [6, 6.07) is 3.60. The van der Waals surface area contributed by atoms with Crippen LogP contribution in [0.15, 0.2) is 29.2 Å². The summed E-state index contributed by atoms with van der Waals surface area (Å²) in [5, 5.41) is 9.05. The molecule has 1 fully saturated rings. The predicted molar refractivity (Wildman–Crippen MR) is 67.1 cm³/mol. The number of aliphatic carboxylic acids is 1.